The third-order valence-electron chi connectivity index (χ3n) is 8.21. The Bertz CT molecular complexity index is 1740. The van der Waals surface area contributed by atoms with Crippen molar-refractivity contribution in [2.24, 2.45) is 10.8 Å². The number of carbonyl (C=O) groups is 4. The number of phosphoric acid groups is 1. The number of aromatic nitrogens is 1. The lowest BCUT2D eigenvalue weighted by atomic mass is 9.85. The molecule has 4 atom stereocenters. The number of amides is 4. The van der Waals surface area contributed by atoms with E-state index in [1.165, 1.54) is 14.2 Å². The summed E-state index contributed by atoms with van der Waals surface area (Å²) in [6, 6.07) is 19.8. The summed E-state index contributed by atoms with van der Waals surface area (Å²) in [6.07, 6.45) is -0.778. The van der Waals surface area contributed by atoms with Crippen LogP contribution in [0.3, 0.4) is 0 Å². The number of nitrogens with one attached hydrogen (secondary N) is 4. The second kappa shape index (κ2) is 21.4. The summed E-state index contributed by atoms with van der Waals surface area (Å²) in [5.41, 5.74) is 4.88. The molecule has 3 rings (SSSR count). The molecule has 1 heterocycles. The van der Waals surface area contributed by atoms with Crippen molar-refractivity contribution in [2.45, 2.75) is 78.7 Å². The highest BCUT2D eigenvalue weighted by atomic mass is 31.2. The molecule has 8 N–H and O–H groups in total. The summed E-state index contributed by atoms with van der Waals surface area (Å²) in [4.78, 5) is 77.9. The van der Waals surface area contributed by atoms with Crippen LogP contribution in [0, 0.1) is 10.8 Å². The molecular weight excluding hydrogens is 747 g/mol. The SMILES string of the molecule is COC(=O)NC(C(=O)NC(Cc1ccccc1)C(O)CN(Cc1ccc(-c2ccccn2)cc1)NC(=O)C(NC(=O)OC)C(C)(C)C)C(C)(C)C.O=P(O)(O)O. The van der Waals surface area contributed by atoms with Gasteiger partial charge in [-0.2, -0.15) is 0 Å². The van der Waals surface area contributed by atoms with Crippen molar-refractivity contribution in [3.63, 3.8) is 0 Å². The predicted molar refractivity (Wildman–Crippen MR) is 208 cm³/mol. The molecule has 0 aliphatic carbocycles. The standard InChI is InChI=1S/C38H52N6O7.H3O4P/c1-37(2,3)31(41-35(48)50-7)33(46)40-29(22-25-14-10-9-11-15-25)30(45)24-44(43-34(47)32(38(4,5)6)42-36(49)51-8)23-26-17-19-27(20-18-26)28-16-12-13-21-39-28;1-5(2,3)4/h9-21,29-32,45H,22-24H2,1-8H3,(H,40,46)(H,41,48)(H,42,49)(H,43,47);(H3,1,2,3,4). The topological polar surface area (TPSA) is 249 Å². The molecule has 0 saturated heterocycles. The van der Waals surface area contributed by atoms with Gasteiger partial charge in [-0.25, -0.2) is 19.2 Å². The number of hydrogen-bond donors (Lipinski definition) is 8. The molecule has 56 heavy (non-hydrogen) atoms. The first-order valence-electron chi connectivity index (χ1n) is 17.6. The van der Waals surface area contributed by atoms with Gasteiger partial charge in [-0.1, -0.05) is 102 Å². The van der Waals surface area contributed by atoms with Crippen LogP contribution >= 0.6 is 7.82 Å². The van der Waals surface area contributed by atoms with Gasteiger partial charge in [-0.05, 0) is 40.5 Å². The number of methoxy groups -OCH3 is 2. The minimum Gasteiger partial charge on any atom is -0.453 e. The van der Waals surface area contributed by atoms with Gasteiger partial charge >= 0.3 is 20.0 Å². The molecule has 0 bridgehead atoms. The number of rotatable bonds is 14. The minimum atomic E-state index is -4.64. The maximum Gasteiger partial charge on any atom is 0.466 e. The van der Waals surface area contributed by atoms with Gasteiger partial charge in [0.15, 0.2) is 0 Å². The van der Waals surface area contributed by atoms with Gasteiger partial charge < -0.3 is 45.2 Å². The van der Waals surface area contributed by atoms with E-state index in [4.69, 9.17) is 28.7 Å². The van der Waals surface area contributed by atoms with Crippen molar-refractivity contribution in [1.29, 1.82) is 0 Å². The van der Waals surface area contributed by atoms with Crippen LogP contribution in [0.5, 0.6) is 0 Å². The monoisotopic (exact) mass is 802 g/mol. The van der Waals surface area contributed by atoms with E-state index >= 15 is 0 Å². The smallest absolute Gasteiger partial charge is 0.453 e. The van der Waals surface area contributed by atoms with Gasteiger partial charge in [-0.3, -0.25) is 20.0 Å². The highest BCUT2D eigenvalue weighted by Crippen LogP contribution is 2.26. The summed E-state index contributed by atoms with van der Waals surface area (Å²) >= 11 is 0. The van der Waals surface area contributed by atoms with Crippen LogP contribution in [0.2, 0.25) is 0 Å². The average molecular weight is 803 g/mol. The number of aliphatic hydroxyl groups is 1. The first-order chi connectivity index (χ1) is 26.0. The number of hydrogen-bond acceptors (Lipinski definition) is 10. The fourth-order valence-electron chi connectivity index (χ4n) is 5.38. The molecule has 1 aromatic heterocycles. The number of ether oxygens (including phenoxy) is 2. The Morgan fingerprint density at radius 3 is 1.70 bits per heavy atom. The zero-order valence-corrected chi connectivity index (χ0v) is 33.8. The second-order valence-corrected chi connectivity index (χ2v) is 16.1. The fourth-order valence-corrected chi connectivity index (χ4v) is 5.38. The molecule has 4 amide bonds. The maximum atomic E-state index is 13.8. The molecule has 0 aliphatic rings. The van der Waals surface area contributed by atoms with Crippen molar-refractivity contribution in [1.82, 2.24) is 31.4 Å². The molecule has 0 fully saturated rings. The van der Waals surface area contributed by atoms with Crippen LogP contribution in [0.15, 0.2) is 79.0 Å². The quantitative estimate of drug-likeness (QED) is 0.0863. The van der Waals surface area contributed by atoms with E-state index in [0.29, 0.717) is 0 Å². The van der Waals surface area contributed by atoms with E-state index in [2.05, 4.69) is 26.4 Å². The number of pyridine rings is 1. The lowest BCUT2D eigenvalue weighted by Crippen LogP contribution is -2.60. The van der Waals surface area contributed by atoms with Crippen LogP contribution in [0.25, 0.3) is 11.3 Å². The summed E-state index contributed by atoms with van der Waals surface area (Å²) in [7, 11) is -2.20. The van der Waals surface area contributed by atoms with Crippen LogP contribution in [-0.4, -0.2) is 98.8 Å². The Balaban J connectivity index is 0.00000203. The van der Waals surface area contributed by atoms with Crippen LogP contribution in [0.4, 0.5) is 9.59 Å². The predicted octanol–water partition coefficient (Wildman–Crippen LogP) is 3.28. The normalized spacial score (nSPS) is 13.8. The van der Waals surface area contributed by atoms with Crippen LogP contribution in [0.1, 0.15) is 52.7 Å². The molecule has 0 aliphatic heterocycles. The largest absolute Gasteiger partial charge is 0.466 e. The molecule has 3 aromatic rings. The zero-order chi connectivity index (χ0) is 42.3. The van der Waals surface area contributed by atoms with E-state index in [-0.39, 0.29) is 19.5 Å². The van der Waals surface area contributed by atoms with Crippen molar-refractivity contribution in [2.75, 3.05) is 20.8 Å². The Kier molecular flexibility index (Phi) is 18.1. The Hall–Kier alpha value is -4.90. The van der Waals surface area contributed by atoms with Crippen molar-refractivity contribution >= 4 is 31.8 Å². The zero-order valence-electron chi connectivity index (χ0n) is 32.9. The van der Waals surface area contributed by atoms with Gasteiger partial charge in [0.2, 0.25) is 5.91 Å². The number of aliphatic hydroxyl groups excluding tert-OH is 1. The Morgan fingerprint density at radius 1 is 0.732 bits per heavy atom. The molecule has 0 saturated carbocycles. The molecule has 4 unspecified atom stereocenters. The number of benzene rings is 2. The van der Waals surface area contributed by atoms with E-state index < -0.39 is 66.9 Å². The Labute approximate surface area is 327 Å². The van der Waals surface area contributed by atoms with Crippen molar-refractivity contribution in [3.05, 3.63) is 90.1 Å². The number of hydrazine groups is 1. The lowest BCUT2D eigenvalue weighted by molar-refractivity contribution is -0.132. The third-order valence-corrected chi connectivity index (χ3v) is 8.21. The highest BCUT2D eigenvalue weighted by Gasteiger charge is 2.37. The van der Waals surface area contributed by atoms with Crippen molar-refractivity contribution in [3.8, 4) is 11.3 Å². The van der Waals surface area contributed by atoms with E-state index in [1.807, 2.05) is 93.6 Å². The molecule has 0 spiro atoms. The molecule has 308 valence electrons. The highest BCUT2D eigenvalue weighted by molar-refractivity contribution is 7.45. The number of carbonyl (C=O) groups excluding carboxylic acids is 4. The first kappa shape index (κ1) is 47.3. The van der Waals surface area contributed by atoms with E-state index in [1.54, 1.807) is 32.0 Å². The molecule has 0 radical (unpaired) electrons. The van der Waals surface area contributed by atoms with Crippen molar-refractivity contribution < 1.29 is 53.0 Å². The molecular formula is C38H55N6O11P. The first-order valence-corrected chi connectivity index (χ1v) is 19.1. The molecule has 2 aromatic carbocycles. The summed E-state index contributed by atoms with van der Waals surface area (Å²) in [6.45, 7) is 10.9. The second-order valence-electron chi connectivity index (χ2n) is 15.0. The molecule has 18 heteroatoms. The number of nitrogens with zero attached hydrogens (tertiary/aromatic N) is 2. The van der Waals surface area contributed by atoms with Gasteiger partial charge in [-0.15, -0.1) is 0 Å². The van der Waals surface area contributed by atoms with Gasteiger partial charge in [0, 0.05) is 24.8 Å². The summed E-state index contributed by atoms with van der Waals surface area (Å²) in [5, 5.41) is 21.6. The van der Waals surface area contributed by atoms with Crippen LogP contribution in [-0.2, 0) is 36.6 Å². The number of alkyl carbamates (subject to hydrolysis) is 2. The third kappa shape index (κ3) is 17.3. The summed E-state index contributed by atoms with van der Waals surface area (Å²) in [5.74, 6) is -1.03. The van der Waals surface area contributed by atoms with Crippen LogP contribution < -0.4 is 21.4 Å². The average Bonchev–Trinajstić information content (AvgIpc) is 3.11. The van der Waals surface area contributed by atoms with Gasteiger partial charge in [0.25, 0.3) is 5.91 Å². The summed E-state index contributed by atoms with van der Waals surface area (Å²) < 4.78 is 18.4. The Morgan fingerprint density at radius 2 is 1.23 bits per heavy atom. The lowest BCUT2D eigenvalue weighted by Gasteiger charge is -2.35. The molecule has 17 nitrogen and oxygen atoms in total. The van der Waals surface area contributed by atoms with Gasteiger partial charge in [0.05, 0.1) is 32.1 Å². The maximum absolute atomic E-state index is 13.8. The minimum absolute atomic E-state index is 0.120. The van der Waals surface area contributed by atoms with Gasteiger partial charge in [0.1, 0.15) is 12.1 Å². The fraction of sp³-hybridized carbons (Fsp3) is 0.447. The van der Waals surface area contributed by atoms with E-state index in [0.717, 1.165) is 22.4 Å². The van der Waals surface area contributed by atoms with E-state index in [9.17, 15) is 24.3 Å².